The fourth-order valence-electron chi connectivity index (χ4n) is 1.25. The number of hydrogen-bond donors (Lipinski definition) is 1. The average Bonchev–Trinajstić information content (AvgIpc) is 2.27. The minimum absolute atomic E-state index is 0.0255. The van der Waals surface area contributed by atoms with Crippen LogP contribution in [0.3, 0.4) is 0 Å². The lowest BCUT2D eigenvalue weighted by molar-refractivity contribution is 0.0696. The molecular weight excluding hydrogens is 292 g/mol. The number of halogens is 1. The molecule has 0 spiro atoms. The lowest BCUT2D eigenvalue weighted by Crippen LogP contribution is -2.04. The van der Waals surface area contributed by atoms with Crippen molar-refractivity contribution in [3.05, 3.63) is 35.4 Å². The molecule has 1 aromatic rings. The number of allylic oxidation sites excluding steroid dienone is 1. The normalized spacial score (nSPS) is 10.9. The predicted molar refractivity (Wildman–Crippen MR) is 71.4 cm³/mol. The van der Waals surface area contributed by atoms with Crippen molar-refractivity contribution in [1.29, 1.82) is 0 Å². The molecule has 0 bridgehead atoms. The standard InChI is InChI=1S/C12H13ClO5S/c1-8(2)5-6-18-10-4-3-9(12(14)15)7-11(10)19(13,16)17/h3-5,7H,6H2,1-2H3,(H,14,15). The smallest absolute Gasteiger partial charge is 0.335 e. The molecule has 0 saturated carbocycles. The van der Waals surface area contributed by atoms with Gasteiger partial charge in [-0.2, -0.15) is 0 Å². The largest absolute Gasteiger partial charge is 0.488 e. The van der Waals surface area contributed by atoms with Gasteiger partial charge in [-0.25, -0.2) is 13.2 Å². The van der Waals surface area contributed by atoms with Gasteiger partial charge < -0.3 is 9.84 Å². The van der Waals surface area contributed by atoms with E-state index in [2.05, 4.69) is 0 Å². The van der Waals surface area contributed by atoms with Crippen molar-refractivity contribution in [1.82, 2.24) is 0 Å². The van der Waals surface area contributed by atoms with Crippen molar-refractivity contribution in [2.45, 2.75) is 18.7 Å². The Balaban J connectivity index is 3.17. The quantitative estimate of drug-likeness (QED) is 0.668. The van der Waals surface area contributed by atoms with Crippen LogP contribution < -0.4 is 4.74 Å². The summed E-state index contributed by atoms with van der Waals surface area (Å²) in [5.41, 5.74) is 0.839. The Labute approximate surface area is 115 Å². The van der Waals surface area contributed by atoms with E-state index in [4.69, 9.17) is 20.5 Å². The van der Waals surface area contributed by atoms with Crippen LogP contribution in [0.5, 0.6) is 5.75 Å². The molecule has 0 heterocycles. The van der Waals surface area contributed by atoms with E-state index < -0.39 is 15.0 Å². The van der Waals surface area contributed by atoms with Gasteiger partial charge in [0.05, 0.1) is 5.56 Å². The Hall–Kier alpha value is -1.53. The molecule has 1 N–H and O–H groups in total. The van der Waals surface area contributed by atoms with Gasteiger partial charge in [-0.15, -0.1) is 0 Å². The van der Waals surface area contributed by atoms with Crippen LogP contribution >= 0.6 is 10.7 Å². The summed E-state index contributed by atoms with van der Waals surface area (Å²) < 4.78 is 28.1. The second-order valence-electron chi connectivity index (χ2n) is 4.00. The summed E-state index contributed by atoms with van der Waals surface area (Å²) in [6.45, 7) is 3.92. The molecule has 0 aliphatic carbocycles. The number of benzene rings is 1. The minimum atomic E-state index is -4.08. The second-order valence-corrected chi connectivity index (χ2v) is 6.53. The summed E-state index contributed by atoms with van der Waals surface area (Å²) in [7, 11) is 1.19. The van der Waals surface area contributed by atoms with Crippen LogP contribution in [0.15, 0.2) is 34.7 Å². The van der Waals surface area contributed by atoms with Crippen molar-refractivity contribution in [2.75, 3.05) is 6.61 Å². The first-order chi connectivity index (χ1) is 8.71. The summed E-state index contributed by atoms with van der Waals surface area (Å²) in [4.78, 5) is 10.5. The highest BCUT2D eigenvalue weighted by Crippen LogP contribution is 2.28. The van der Waals surface area contributed by atoms with Gasteiger partial charge in [-0.1, -0.05) is 5.57 Å². The molecule has 1 aromatic carbocycles. The Bertz CT molecular complexity index is 615. The molecule has 0 aliphatic rings. The number of rotatable bonds is 5. The topological polar surface area (TPSA) is 80.7 Å². The maximum Gasteiger partial charge on any atom is 0.335 e. The third-order valence-electron chi connectivity index (χ3n) is 2.18. The molecule has 0 unspecified atom stereocenters. The van der Waals surface area contributed by atoms with Crippen LogP contribution in [0.4, 0.5) is 0 Å². The highest BCUT2D eigenvalue weighted by Gasteiger charge is 2.19. The fourth-order valence-corrected chi connectivity index (χ4v) is 2.25. The van der Waals surface area contributed by atoms with Gasteiger partial charge in [0.2, 0.25) is 0 Å². The van der Waals surface area contributed by atoms with Crippen LogP contribution in [0.2, 0.25) is 0 Å². The number of carbonyl (C=O) groups is 1. The highest BCUT2D eigenvalue weighted by molar-refractivity contribution is 8.13. The average molecular weight is 305 g/mol. The number of hydrogen-bond acceptors (Lipinski definition) is 4. The molecule has 0 radical (unpaired) electrons. The summed E-state index contributed by atoms with van der Waals surface area (Å²) >= 11 is 0. The van der Waals surface area contributed by atoms with E-state index in [0.29, 0.717) is 0 Å². The van der Waals surface area contributed by atoms with Crippen molar-refractivity contribution >= 4 is 25.7 Å². The molecular formula is C12H13ClO5S. The Morgan fingerprint density at radius 3 is 2.53 bits per heavy atom. The van der Waals surface area contributed by atoms with Crippen LogP contribution in [-0.4, -0.2) is 26.1 Å². The minimum Gasteiger partial charge on any atom is -0.488 e. The SMILES string of the molecule is CC(C)=CCOc1ccc(C(=O)O)cc1S(=O)(=O)Cl. The molecule has 0 amide bonds. The van der Waals surface area contributed by atoms with Gasteiger partial charge in [0.25, 0.3) is 9.05 Å². The maximum absolute atomic E-state index is 11.4. The molecule has 5 nitrogen and oxygen atoms in total. The molecule has 1 rings (SSSR count). The van der Waals surface area contributed by atoms with Crippen molar-refractivity contribution in [3.63, 3.8) is 0 Å². The van der Waals surface area contributed by atoms with Gasteiger partial charge in [0.15, 0.2) is 0 Å². The molecule has 104 valence electrons. The van der Waals surface area contributed by atoms with E-state index in [9.17, 15) is 13.2 Å². The zero-order valence-electron chi connectivity index (χ0n) is 10.4. The summed E-state index contributed by atoms with van der Waals surface area (Å²) in [5.74, 6) is -1.21. The fraction of sp³-hybridized carbons (Fsp3) is 0.250. The van der Waals surface area contributed by atoms with Crippen LogP contribution in [0.1, 0.15) is 24.2 Å². The van der Waals surface area contributed by atoms with E-state index in [0.717, 1.165) is 11.6 Å². The van der Waals surface area contributed by atoms with Crippen LogP contribution in [0, 0.1) is 0 Å². The summed E-state index contributed by atoms with van der Waals surface area (Å²) in [5, 5.41) is 8.83. The first-order valence-corrected chi connectivity index (χ1v) is 7.61. The lowest BCUT2D eigenvalue weighted by Gasteiger charge is -2.09. The zero-order valence-corrected chi connectivity index (χ0v) is 12.0. The van der Waals surface area contributed by atoms with E-state index in [1.807, 2.05) is 13.8 Å². The first kappa shape index (κ1) is 15.5. The second kappa shape index (κ2) is 6.08. The number of carboxylic acids is 1. The number of aromatic carboxylic acids is 1. The zero-order chi connectivity index (χ0) is 14.6. The molecule has 0 aliphatic heterocycles. The third-order valence-corrected chi connectivity index (χ3v) is 3.53. The molecule has 0 atom stereocenters. The lowest BCUT2D eigenvalue weighted by atomic mass is 10.2. The third kappa shape index (κ3) is 4.57. The number of carboxylic acid groups (broad SMARTS) is 1. The van der Waals surface area contributed by atoms with E-state index in [1.54, 1.807) is 6.08 Å². The molecule has 0 aromatic heterocycles. The monoisotopic (exact) mass is 304 g/mol. The van der Waals surface area contributed by atoms with Crippen molar-refractivity contribution in [3.8, 4) is 5.75 Å². The number of ether oxygens (including phenoxy) is 1. The summed E-state index contributed by atoms with van der Waals surface area (Å²) in [6.07, 6.45) is 1.76. The van der Waals surface area contributed by atoms with Crippen LogP contribution in [-0.2, 0) is 9.05 Å². The Kier molecular flexibility index (Phi) is 4.97. The Morgan fingerprint density at radius 2 is 2.05 bits per heavy atom. The van der Waals surface area contributed by atoms with Gasteiger partial charge in [-0.05, 0) is 38.1 Å². The molecule has 0 saturated heterocycles. The van der Waals surface area contributed by atoms with Gasteiger partial charge in [-0.3, -0.25) is 0 Å². The highest BCUT2D eigenvalue weighted by atomic mass is 35.7. The van der Waals surface area contributed by atoms with Gasteiger partial charge in [0, 0.05) is 10.7 Å². The first-order valence-electron chi connectivity index (χ1n) is 5.30. The van der Waals surface area contributed by atoms with Crippen molar-refractivity contribution in [2.24, 2.45) is 0 Å². The van der Waals surface area contributed by atoms with Gasteiger partial charge in [0.1, 0.15) is 17.3 Å². The summed E-state index contributed by atoms with van der Waals surface area (Å²) in [6, 6.07) is 3.51. The van der Waals surface area contributed by atoms with E-state index >= 15 is 0 Å². The van der Waals surface area contributed by atoms with Gasteiger partial charge >= 0.3 is 5.97 Å². The van der Waals surface area contributed by atoms with Crippen LogP contribution in [0.25, 0.3) is 0 Å². The van der Waals surface area contributed by atoms with E-state index in [-0.39, 0.29) is 22.8 Å². The molecule has 7 heteroatoms. The maximum atomic E-state index is 11.4. The molecule has 0 fully saturated rings. The molecule has 19 heavy (non-hydrogen) atoms. The van der Waals surface area contributed by atoms with E-state index in [1.165, 1.54) is 12.1 Å². The predicted octanol–water partition coefficient (Wildman–Crippen LogP) is 2.66. The Morgan fingerprint density at radius 1 is 1.42 bits per heavy atom. The van der Waals surface area contributed by atoms with Crippen molar-refractivity contribution < 1.29 is 23.1 Å².